The number of nitrogens with one attached hydrogen (secondary N) is 1. The molecule has 1 rings (SSSR count). The molecule has 0 saturated heterocycles. The summed E-state index contributed by atoms with van der Waals surface area (Å²) in [7, 11) is 2.15. The van der Waals surface area contributed by atoms with Crippen LogP contribution in [0.1, 0.15) is 57.5 Å². The van der Waals surface area contributed by atoms with Gasteiger partial charge in [-0.2, -0.15) is 0 Å². The van der Waals surface area contributed by atoms with E-state index in [0.29, 0.717) is 34.4 Å². The Balaban J connectivity index is 3.17. The third-order valence-electron chi connectivity index (χ3n) is 5.35. The van der Waals surface area contributed by atoms with Gasteiger partial charge in [-0.1, -0.05) is 47.5 Å². The first-order valence-corrected chi connectivity index (χ1v) is 12.1. The van der Waals surface area contributed by atoms with Crippen LogP contribution in [0.3, 0.4) is 0 Å². The van der Waals surface area contributed by atoms with Crippen LogP contribution in [-0.4, -0.2) is 46.1 Å². The highest BCUT2D eigenvalue weighted by atomic mass is 28.3. The van der Waals surface area contributed by atoms with Crippen LogP contribution in [0.5, 0.6) is 0 Å². The minimum absolute atomic E-state index is 0.104. The Morgan fingerprint density at radius 3 is 2.11 bits per heavy atom. The molecule has 5 heteroatoms. The molecule has 4 nitrogen and oxygen atoms in total. The van der Waals surface area contributed by atoms with Crippen molar-refractivity contribution in [2.24, 2.45) is 0 Å². The molecule has 0 aliphatic heterocycles. The second-order valence-corrected chi connectivity index (χ2v) is 14.1. The van der Waals surface area contributed by atoms with E-state index in [1.165, 1.54) is 0 Å². The van der Waals surface area contributed by atoms with Gasteiger partial charge in [0.05, 0.1) is 0 Å². The quantitative estimate of drug-likeness (QED) is 0.420. The van der Waals surface area contributed by atoms with E-state index in [4.69, 9.17) is 5.73 Å². The van der Waals surface area contributed by atoms with Gasteiger partial charge in [-0.05, 0) is 48.9 Å². The molecule has 0 spiro atoms. The average Bonchev–Trinajstić information content (AvgIpc) is 2.53. The Kier molecular flexibility index (Phi) is 8.58. The maximum atomic E-state index is 12.4. The van der Waals surface area contributed by atoms with Gasteiger partial charge >= 0.3 is 0 Å². The fraction of sp³-hybridized carbons (Fsp3) is 0.591. The van der Waals surface area contributed by atoms with Crippen molar-refractivity contribution >= 4 is 19.7 Å². The van der Waals surface area contributed by atoms with Crippen LogP contribution < -0.4 is 11.1 Å². The zero-order valence-corrected chi connectivity index (χ0v) is 19.3. The minimum Gasteiger partial charge on any atom is -0.399 e. The number of hydrogen-bond donors (Lipinski definition) is 2. The lowest BCUT2D eigenvalue weighted by molar-refractivity contribution is 0.0951. The number of nitrogen functional groups attached to an aromatic ring is 1. The molecule has 0 aromatic heterocycles. The molecule has 1 aromatic carbocycles. The monoisotopic (exact) mass is 387 g/mol. The lowest BCUT2D eigenvalue weighted by atomic mass is 10.1. The summed E-state index contributed by atoms with van der Waals surface area (Å²) in [5, 5.41) is 2.94. The van der Waals surface area contributed by atoms with Crippen molar-refractivity contribution in [3.8, 4) is 11.5 Å². The molecule has 0 bridgehead atoms. The number of nitrogens with zero attached hydrogens (tertiary/aromatic N) is 1. The van der Waals surface area contributed by atoms with Crippen molar-refractivity contribution in [3.05, 3.63) is 29.3 Å². The number of likely N-dealkylation sites (N-methyl/N-ethyl adjacent to an activating group) is 1. The fourth-order valence-corrected chi connectivity index (χ4v) is 9.19. The maximum absolute atomic E-state index is 12.4. The topological polar surface area (TPSA) is 58.4 Å². The van der Waals surface area contributed by atoms with Crippen LogP contribution in [0.2, 0.25) is 16.6 Å². The van der Waals surface area contributed by atoms with Gasteiger partial charge in [0.2, 0.25) is 0 Å². The largest absolute Gasteiger partial charge is 0.399 e. The molecule has 0 aliphatic carbocycles. The lowest BCUT2D eigenvalue weighted by Crippen LogP contribution is -2.43. The van der Waals surface area contributed by atoms with Crippen molar-refractivity contribution in [3.63, 3.8) is 0 Å². The Bertz CT molecular complexity index is 677. The molecule has 3 N–H and O–H groups in total. The highest BCUT2D eigenvalue weighted by Gasteiger charge is 2.41. The summed E-state index contributed by atoms with van der Waals surface area (Å²) < 4.78 is 0. The van der Waals surface area contributed by atoms with E-state index in [2.05, 4.69) is 58.3 Å². The normalized spacial score (nSPS) is 11.9. The Labute approximate surface area is 166 Å². The highest BCUT2D eigenvalue weighted by Crippen LogP contribution is 2.40. The number of hydrogen-bond acceptors (Lipinski definition) is 3. The van der Waals surface area contributed by atoms with Crippen LogP contribution in [0, 0.1) is 11.5 Å². The predicted octanol–water partition coefficient (Wildman–Crippen LogP) is 4.13. The summed E-state index contributed by atoms with van der Waals surface area (Å²) in [6, 6.07) is 5.44. The molecule has 0 unspecified atom stereocenters. The first-order chi connectivity index (χ1) is 12.5. The SMILES string of the molecule is CC(C)[Si](C#Cc1cc(N)cc(C(=O)NCCN(C)C)c1)(C(C)C)C(C)C. The van der Waals surface area contributed by atoms with Crippen LogP contribution in [0.15, 0.2) is 18.2 Å². The summed E-state index contributed by atoms with van der Waals surface area (Å²) in [4.78, 5) is 14.5. The standard InChI is InChI=1S/C22H37N3OSi/c1-16(2)27(17(3)4,18(5)6)12-9-19-13-20(15-21(23)14-19)22(26)24-10-11-25(7)8/h13-18H,10-11,23H2,1-8H3,(H,24,26). The Morgan fingerprint density at radius 1 is 1.07 bits per heavy atom. The van der Waals surface area contributed by atoms with E-state index in [-0.39, 0.29) is 5.91 Å². The van der Waals surface area contributed by atoms with Crippen LogP contribution in [0.25, 0.3) is 0 Å². The molecule has 0 radical (unpaired) electrons. The molecule has 0 fully saturated rings. The molecule has 1 amide bonds. The van der Waals surface area contributed by atoms with Gasteiger partial charge in [0.15, 0.2) is 0 Å². The number of rotatable bonds is 7. The first kappa shape index (κ1) is 23.3. The number of amides is 1. The molecule has 0 aliphatic rings. The summed E-state index contributed by atoms with van der Waals surface area (Å²) in [6.07, 6.45) is 0. The second-order valence-electron chi connectivity index (χ2n) is 8.55. The number of anilines is 1. The minimum atomic E-state index is -1.81. The molecule has 0 atom stereocenters. The van der Waals surface area contributed by atoms with Crippen molar-refractivity contribution < 1.29 is 4.79 Å². The lowest BCUT2D eigenvalue weighted by Gasteiger charge is -2.38. The third-order valence-corrected chi connectivity index (χ3v) is 11.6. The second kappa shape index (κ2) is 9.96. The van der Waals surface area contributed by atoms with Gasteiger partial charge in [0.25, 0.3) is 5.91 Å². The summed E-state index contributed by atoms with van der Waals surface area (Å²) in [5.74, 6) is 3.28. The van der Waals surface area contributed by atoms with Gasteiger partial charge in [-0.25, -0.2) is 0 Å². The molecular formula is C22H37N3OSi. The molecule has 27 heavy (non-hydrogen) atoms. The summed E-state index contributed by atoms with van der Waals surface area (Å²) in [5.41, 5.74) is 13.4. The van der Waals surface area contributed by atoms with Crippen molar-refractivity contribution in [1.82, 2.24) is 10.2 Å². The summed E-state index contributed by atoms with van der Waals surface area (Å²) >= 11 is 0. The van der Waals surface area contributed by atoms with Crippen LogP contribution >= 0.6 is 0 Å². The van der Waals surface area contributed by atoms with Gasteiger partial charge in [0.1, 0.15) is 8.07 Å². The van der Waals surface area contributed by atoms with Crippen LogP contribution in [0.4, 0.5) is 5.69 Å². The van der Waals surface area contributed by atoms with E-state index >= 15 is 0 Å². The third kappa shape index (κ3) is 6.12. The molecule has 1 aromatic rings. The number of carbonyl (C=O) groups excluding carboxylic acids is 1. The first-order valence-electron chi connectivity index (χ1n) is 9.87. The van der Waals surface area contributed by atoms with E-state index in [0.717, 1.165) is 12.1 Å². The molecule has 0 saturated carbocycles. The highest BCUT2D eigenvalue weighted by molar-refractivity contribution is 6.90. The van der Waals surface area contributed by atoms with Gasteiger partial charge < -0.3 is 16.0 Å². The fourth-order valence-electron chi connectivity index (χ4n) is 3.96. The Hall–Kier alpha value is -1.77. The number of benzene rings is 1. The smallest absolute Gasteiger partial charge is 0.251 e. The van der Waals surface area contributed by atoms with Gasteiger partial charge in [-0.15, -0.1) is 5.54 Å². The molecule has 150 valence electrons. The van der Waals surface area contributed by atoms with Gasteiger partial charge in [0, 0.05) is 29.9 Å². The summed E-state index contributed by atoms with van der Waals surface area (Å²) in [6.45, 7) is 15.2. The molecule has 0 heterocycles. The van der Waals surface area contributed by atoms with E-state index in [9.17, 15) is 4.79 Å². The Morgan fingerprint density at radius 2 is 1.63 bits per heavy atom. The van der Waals surface area contributed by atoms with Crippen molar-refractivity contribution in [2.45, 2.75) is 58.2 Å². The average molecular weight is 388 g/mol. The predicted molar refractivity (Wildman–Crippen MR) is 120 cm³/mol. The van der Waals surface area contributed by atoms with E-state index in [1.807, 2.05) is 31.1 Å². The zero-order valence-electron chi connectivity index (χ0n) is 18.3. The number of carbonyl (C=O) groups is 1. The maximum Gasteiger partial charge on any atom is 0.251 e. The van der Waals surface area contributed by atoms with Crippen LogP contribution in [-0.2, 0) is 0 Å². The van der Waals surface area contributed by atoms with Crippen molar-refractivity contribution in [2.75, 3.05) is 32.9 Å². The van der Waals surface area contributed by atoms with E-state index < -0.39 is 8.07 Å². The van der Waals surface area contributed by atoms with Crippen molar-refractivity contribution in [1.29, 1.82) is 0 Å². The number of nitrogens with two attached hydrogens (primary N) is 1. The van der Waals surface area contributed by atoms with E-state index in [1.54, 1.807) is 6.07 Å². The molecular weight excluding hydrogens is 350 g/mol. The zero-order chi connectivity index (χ0) is 20.8. The van der Waals surface area contributed by atoms with Gasteiger partial charge in [-0.3, -0.25) is 4.79 Å².